The standard InChI is InChI=1S/C20H25F3N6O/c1-14(30)24-7-8-25-18-17(20(21,22)23)12-26-19(28-18)27-16-6-4-5-15(11-16)13-29-9-2-3-10-29/h4-6,11-12H,2-3,7-10,13H2,1H3,(H,24,30)(H2,25,26,27,28). The highest BCUT2D eigenvalue weighted by Gasteiger charge is 2.35. The van der Waals surface area contributed by atoms with E-state index in [9.17, 15) is 18.0 Å². The van der Waals surface area contributed by atoms with Crippen LogP contribution in [0.5, 0.6) is 0 Å². The third-order valence-electron chi connectivity index (χ3n) is 4.67. The Kier molecular flexibility index (Phi) is 7.09. The van der Waals surface area contributed by atoms with Crippen LogP contribution in [0.25, 0.3) is 0 Å². The zero-order valence-corrected chi connectivity index (χ0v) is 16.7. The molecule has 1 amide bonds. The smallest absolute Gasteiger partial charge is 0.368 e. The van der Waals surface area contributed by atoms with Crippen LogP contribution in [0.1, 0.15) is 30.9 Å². The Labute approximate surface area is 173 Å². The van der Waals surface area contributed by atoms with Crippen molar-refractivity contribution in [3.8, 4) is 0 Å². The van der Waals surface area contributed by atoms with Crippen molar-refractivity contribution >= 4 is 23.4 Å². The molecule has 0 spiro atoms. The Morgan fingerprint density at radius 1 is 1.20 bits per heavy atom. The van der Waals surface area contributed by atoms with Crippen molar-refractivity contribution in [1.29, 1.82) is 0 Å². The molecule has 10 heteroatoms. The van der Waals surface area contributed by atoms with Gasteiger partial charge < -0.3 is 16.0 Å². The van der Waals surface area contributed by atoms with Crippen LogP contribution in [-0.2, 0) is 17.5 Å². The van der Waals surface area contributed by atoms with E-state index in [0.717, 1.165) is 31.4 Å². The van der Waals surface area contributed by atoms with Crippen LogP contribution in [0.15, 0.2) is 30.5 Å². The summed E-state index contributed by atoms with van der Waals surface area (Å²) in [7, 11) is 0. The molecular weight excluding hydrogens is 397 g/mol. The third kappa shape index (κ3) is 6.31. The number of carbonyl (C=O) groups is 1. The average molecular weight is 422 g/mol. The van der Waals surface area contributed by atoms with Gasteiger partial charge in [0.25, 0.3) is 0 Å². The molecule has 30 heavy (non-hydrogen) atoms. The molecule has 7 nitrogen and oxygen atoms in total. The number of benzene rings is 1. The molecule has 0 unspecified atom stereocenters. The number of hydrogen-bond donors (Lipinski definition) is 3. The second-order valence-corrected chi connectivity index (χ2v) is 7.17. The molecule has 1 aromatic carbocycles. The number of nitrogens with zero attached hydrogens (tertiary/aromatic N) is 3. The van der Waals surface area contributed by atoms with E-state index in [2.05, 4.69) is 30.8 Å². The van der Waals surface area contributed by atoms with Crippen molar-refractivity contribution in [1.82, 2.24) is 20.2 Å². The van der Waals surface area contributed by atoms with Crippen LogP contribution in [0.4, 0.5) is 30.6 Å². The van der Waals surface area contributed by atoms with E-state index in [4.69, 9.17) is 0 Å². The molecule has 1 aliphatic rings. The lowest BCUT2D eigenvalue weighted by Gasteiger charge is -2.16. The van der Waals surface area contributed by atoms with E-state index in [1.165, 1.54) is 19.8 Å². The zero-order valence-electron chi connectivity index (χ0n) is 16.7. The van der Waals surface area contributed by atoms with Gasteiger partial charge in [-0.15, -0.1) is 0 Å². The van der Waals surface area contributed by atoms with Gasteiger partial charge >= 0.3 is 6.18 Å². The molecule has 1 aliphatic heterocycles. The number of nitrogens with one attached hydrogen (secondary N) is 3. The molecule has 2 aromatic rings. The summed E-state index contributed by atoms with van der Waals surface area (Å²) in [5, 5.41) is 8.13. The largest absolute Gasteiger partial charge is 0.421 e. The second-order valence-electron chi connectivity index (χ2n) is 7.17. The van der Waals surface area contributed by atoms with Crippen LogP contribution < -0.4 is 16.0 Å². The van der Waals surface area contributed by atoms with E-state index in [0.29, 0.717) is 5.69 Å². The van der Waals surface area contributed by atoms with Crippen LogP contribution in [0.2, 0.25) is 0 Å². The normalized spacial score (nSPS) is 14.5. The summed E-state index contributed by atoms with van der Waals surface area (Å²) < 4.78 is 39.8. The van der Waals surface area contributed by atoms with Gasteiger partial charge in [0.15, 0.2) is 0 Å². The maximum Gasteiger partial charge on any atom is 0.421 e. The molecule has 162 valence electrons. The molecule has 1 aromatic heterocycles. The molecule has 3 rings (SSSR count). The van der Waals surface area contributed by atoms with Crippen LogP contribution in [0.3, 0.4) is 0 Å². The molecule has 3 N–H and O–H groups in total. The van der Waals surface area contributed by atoms with E-state index in [1.807, 2.05) is 24.3 Å². The lowest BCUT2D eigenvalue weighted by Crippen LogP contribution is -2.27. The first kappa shape index (κ1) is 21.8. The van der Waals surface area contributed by atoms with Gasteiger partial charge in [0, 0.05) is 38.4 Å². The summed E-state index contributed by atoms with van der Waals surface area (Å²) in [6.07, 6.45) is -1.43. The lowest BCUT2D eigenvalue weighted by atomic mass is 10.2. The van der Waals surface area contributed by atoms with Crippen molar-refractivity contribution in [2.24, 2.45) is 0 Å². The highest BCUT2D eigenvalue weighted by atomic mass is 19.4. The van der Waals surface area contributed by atoms with Crippen molar-refractivity contribution in [2.75, 3.05) is 36.8 Å². The number of amides is 1. The van der Waals surface area contributed by atoms with Crippen molar-refractivity contribution in [3.63, 3.8) is 0 Å². The van der Waals surface area contributed by atoms with Gasteiger partial charge in [0.2, 0.25) is 11.9 Å². The summed E-state index contributed by atoms with van der Waals surface area (Å²) in [6, 6.07) is 7.68. The summed E-state index contributed by atoms with van der Waals surface area (Å²) in [4.78, 5) is 21.1. The highest BCUT2D eigenvalue weighted by molar-refractivity contribution is 5.72. The van der Waals surface area contributed by atoms with Crippen LogP contribution in [-0.4, -0.2) is 47.0 Å². The number of rotatable bonds is 8. The maximum absolute atomic E-state index is 13.3. The monoisotopic (exact) mass is 422 g/mol. The van der Waals surface area contributed by atoms with Gasteiger partial charge in [-0.25, -0.2) is 4.98 Å². The quantitative estimate of drug-likeness (QED) is 0.566. The van der Waals surface area contributed by atoms with Gasteiger partial charge in [-0.3, -0.25) is 9.69 Å². The number of halogens is 3. The first-order chi connectivity index (χ1) is 14.3. The molecule has 1 fully saturated rings. The minimum absolute atomic E-state index is 0.0587. The summed E-state index contributed by atoms with van der Waals surface area (Å²) in [5.41, 5.74) is 0.858. The minimum Gasteiger partial charge on any atom is -0.368 e. The molecule has 1 saturated heterocycles. The fourth-order valence-corrected chi connectivity index (χ4v) is 3.28. The van der Waals surface area contributed by atoms with E-state index in [-0.39, 0.29) is 30.8 Å². The number of anilines is 3. The fraction of sp³-hybridized carbons (Fsp3) is 0.450. The number of aromatic nitrogens is 2. The van der Waals surface area contributed by atoms with Crippen molar-refractivity contribution < 1.29 is 18.0 Å². The molecule has 0 radical (unpaired) electrons. The van der Waals surface area contributed by atoms with E-state index in [1.54, 1.807) is 0 Å². The van der Waals surface area contributed by atoms with Crippen LogP contribution in [0, 0.1) is 0 Å². The van der Waals surface area contributed by atoms with Gasteiger partial charge in [0.1, 0.15) is 11.4 Å². The molecule has 0 atom stereocenters. The minimum atomic E-state index is -4.59. The van der Waals surface area contributed by atoms with Gasteiger partial charge in [-0.1, -0.05) is 12.1 Å². The first-order valence-electron chi connectivity index (χ1n) is 9.82. The van der Waals surface area contributed by atoms with Crippen LogP contribution >= 0.6 is 0 Å². The topological polar surface area (TPSA) is 82.2 Å². The van der Waals surface area contributed by atoms with Gasteiger partial charge in [0.05, 0.1) is 0 Å². The zero-order chi connectivity index (χ0) is 21.6. The maximum atomic E-state index is 13.3. The fourth-order valence-electron chi connectivity index (χ4n) is 3.28. The predicted octanol–water partition coefficient (Wildman–Crippen LogP) is 3.38. The Balaban J connectivity index is 1.72. The van der Waals surface area contributed by atoms with Crippen molar-refractivity contribution in [3.05, 3.63) is 41.6 Å². The summed E-state index contributed by atoms with van der Waals surface area (Å²) >= 11 is 0. The Hall–Kier alpha value is -2.88. The SMILES string of the molecule is CC(=O)NCCNc1nc(Nc2cccc(CN3CCCC3)c2)ncc1C(F)(F)F. The Bertz CT molecular complexity index is 868. The number of alkyl halides is 3. The molecule has 2 heterocycles. The average Bonchev–Trinajstić information content (AvgIpc) is 3.17. The summed E-state index contributed by atoms with van der Waals surface area (Å²) in [6.45, 7) is 4.60. The molecular formula is C20H25F3N6O. The molecule has 0 saturated carbocycles. The number of carbonyl (C=O) groups excluding carboxylic acids is 1. The second kappa shape index (κ2) is 9.75. The lowest BCUT2D eigenvalue weighted by molar-refractivity contribution is -0.137. The highest BCUT2D eigenvalue weighted by Crippen LogP contribution is 2.34. The number of hydrogen-bond acceptors (Lipinski definition) is 6. The van der Waals surface area contributed by atoms with Gasteiger partial charge in [-0.05, 0) is 43.6 Å². The molecule has 0 aliphatic carbocycles. The van der Waals surface area contributed by atoms with Crippen molar-refractivity contribution in [2.45, 2.75) is 32.5 Å². The number of likely N-dealkylation sites (tertiary alicyclic amines) is 1. The first-order valence-corrected chi connectivity index (χ1v) is 9.82. The Morgan fingerprint density at radius 2 is 1.97 bits per heavy atom. The summed E-state index contributed by atoms with van der Waals surface area (Å²) in [5.74, 6) is -0.534. The third-order valence-corrected chi connectivity index (χ3v) is 4.67. The van der Waals surface area contributed by atoms with Gasteiger partial charge in [-0.2, -0.15) is 18.2 Å². The predicted molar refractivity (Wildman–Crippen MR) is 108 cm³/mol. The van der Waals surface area contributed by atoms with E-state index >= 15 is 0 Å². The molecule has 0 bridgehead atoms. The van der Waals surface area contributed by atoms with E-state index < -0.39 is 11.7 Å². The Morgan fingerprint density at radius 3 is 2.67 bits per heavy atom.